The Morgan fingerprint density at radius 1 is 0.538 bits per heavy atom. The average molecular weight is 332 g/mol. The van der Waals surface area contributed by atoms with E-state index in [2.05, 4.69) is 85.8 Å². The van der Waals surface area contributed by atoms with Gasteiger partial charge in [-0.3, -0.25) is 0 Å². The minimum absolute atomic E-state index is 0.970. The van der Waals surface area contributed by atoms with Crippen LogP contribution in [0.1, 0.15) is 5.56 Å². The zero-order valence-corrected chi connectivity index (χ0v) is 14.4. The lowest BCUT2D eigenvalue weighted by atomic mass is 9.94. The summed E-state index contributed by atoms with van der Waals surface area (Å²) < 4.78 is 6.46. The molecule has 1 nitrogen and oxygen atoms in total. The van der Waals surface area contributed by atoms with E-state index < -0.39 is 0 Å². The minimum Gasteiger partial charge on any atom is -0.455 e. The highest BCUT2D eigenvalue weighted by Gasteiger charge is 2.17. The molecule has 0 aliphatic carbocycles. The summed E-state index contributed by atoms with van der Waals surface area (Å²) in [5.41, 5.74) is 3.21. The zero-order chi connectivity index (χ0) is 17.3. The second-order valence-electron chi connectivity index (χ2n) is 7.01. The van der Waals surface area contributed by atoms with Gasteiger partial charge in [0.05, 0.1) is 0 Å². The molecule has 0 fully saturated rings. The van der Waals surface area contributed by atoms with E-state index in [9.17, 15) is 0 Å². The van der Waals surface area contributed by atoms with Crippen LogP contribution in [0, 0.1) is 6.92 Å². The number of aryl methyl sites for hydroxylation is 1. The largest absolute Gasteiger partial charge is 0.455 e. The standard InChI is InChI=1S/C25H16O/c1-15-14-22-23(19-11-5-2-8-16(15)19)24-20-12-6-3-9-17(20)18-10-4-7-13-21(18)25(24)26-22/h2-14H,1H3. The van der Waals surface area contributed by atoms with Gasteiger partial charge in [0, 0.05) is 16.2 Å². The van der Waals surface area contributed by atoms with Crippen LogP contribution in [-0.4, -0.2) is 0 Å². The Balaban J connectivity index is 2.05. The quantitative estimate of drug-likeness (QED) is 0.265. The molecule has 0 N–H and O–H groups in total. The number of benzene rings is 5. The smallest absolute Gasteiger partial charge is 0.143 e. The second kappa shape index (κ2) is 4.86. The maximum absolute atomic E-state index is 6.46. The highest BCUT2D eigenvalue weighted by molar-refractivity contribution is 6.34. The van der Waals surface area contributed by atoms with E-state index in [0.717, 1.165) is 11.2 Å². The number of rotatable bonds is 0. The Morgan fingerprint density at radius 2 is 1.04 bits per heavy atom. The van der Waals surface area contributed by atoms with Crippen LogP contribution in [0.4, 0.5) is 0 Å². The van der Waals surface area contributed by atoms with Crippen molar-refractivity contribution in [3.8, 4) is 0 Å². The van der Waals surface area contributed by atoms with Gasteiger partial charge in [-0.05, 0) is 45.5 Å². The number of fused-ring (bicyclic) bond motifs is 10. The zero-order valence-electron chi connectivity index (χ0n) is 14.4. The molecule has 6 aromatic rings. The van der Waals surface area contributed by atoms with Gasteiger partial charge in [-0.25, -0.2) is 0 Å². The number of hydrogen-bond donors (Lipinski definition) is 0. The third kappa shape index (κ3) is 1.65. The first-order valence-corrected chi connectivity index (χ1v) is 8.97. The molecule has 0 aliphatic heterocycles. The Bertz CT molecular complexity index is 1480. The van der Waals surface area contributed by atoms with Gasteiger partial charge < -0.3 is 4.42 Å². The first-order valence-electron chi connectivity index (χ1n) is 8.97. The fourth-order valence-electron chi connectivity index (χ4n) is 4.44. The van der Waals surface area contributed by atoms with E-state index in [-0.39, 0.29) is 0 Å². The van der Waals surface area contributed by atoms with Crippen LogP contribution in [-0.2, 0) is 0 Å². The average Bonchev–Trinajstić information content (AvgIpc) is 3.08. The van der Waals surface area contributed by atoms with Gasteiger partial charge >= 0.3 is 0 Å². The van der Waals surface area contributed by atoms with Crippen molar-refractivity contribution in [2.24, 2.45) is 0 Å². The van der Waals surface area contributed by atoms with E-state index in [1.807, 2.05) is 0 Å². The van der Waals surface area contributed by atoms with E-state index in [1.54, 1.807) is 0 Å². The first-order chi connectivity index (χ1) is 12.8. The van der Waals surface area contributed by atoms with Gasteiger partial charge in [0.2, 0.25) is 0 Å². The second-order valence-corrected chi connectivity index (χ2v) is 7.01. The SMILES string of the molecule is Cc1cc2oc3c4ccccc4c4ccccc4c3c2c2ccccc12. The van der Waals surface area contributed by atoms with Gasteiger partial charge in [-0.15, -0.1) is 0 Å². The number of furan rings is 1. The molecular formula is C25H16O. The molecule has 1 aromatic heterocycles. The molecule has 1 heterocycles. The predicted octanol–water partition coefficient (Wildman–Crippen LogP) is 7.35. The molecule has 5 aromatic carbocycles. The normalized spacial score (nSPS) is 12.0. The Hall–Kier alpha value is -3.32. The molecule has 0 atom stereocenters. The summed E-state index contributed by atoms with van der Waals surface area (Å²) in [5.74, 6) is 0. The van der Waals surface area contributed by atoms with E-state index in [0.29, 0.717) is 0 Å². The van der Waals surface area contributed by atoms with Crippen LogP contribution in [0.25, 0.3) is 54.3 Å². The van der Waals surface area contributed by atoms with Gasteiger partial charge in [0.25, 0.3) is 0 Å². The molecule has 0 saturated heterocycles. The summed E-state index contributed by atoms with van der Waals surface area (Å²) in [4.78, 5) is 0. The van der Waals surface area contributed by atoms with Crippen molar-refractivity contribution >= 4 is 54.3 Å². The van der Waals surface area contributed by atoms with Crippen LogP contribution in [0.15, 0.2) is 83.3 Å². The summed E-state index contributed by atoms with van der Waals surface area (Å²) in [6, 6.07) is 28.0. The van der Waals surface area contributed by atoms with Crippen molar-refractivity contribution in [2.75, 3.05) is 0 Å². The van der Waals surface area contributed by atoms with Crippen LogP contribution < -0.4 is 0 Å². The van der Waals surface area contributed by atoms with Gasteiger partial charge in [-0.2, -0.15) is 0 Å². The third-order valence-electron chi connectivity index (χ3n) is 5.56. The molecule has 0 spiro atoms. The predicted molar refractivity (Wildman–Crippen MR) is 111 cm³/mol. The monoisotopic (exact) mass is 332 g/mol. The Kier molecular flexibility index (Phi) is 2.60. The Labute approximate surface area is 150 Å². The van der Waals surface area contributed by atoms with Crippen LogP contribution in [0.2, 0.25) is 0 Å². The first kappa shape index (κ1) is 13.9. The topological polar surface area (TPSA) is 13.1 Å². The third-order valence-corrected chi connectivity index (χ3v) is 5.56. The molecule has 0 radical (unpaired) electrons. The van der Waals surface area contributed by atoms with E-state index >= 15 is 0 Å². The molecule has 0 unspecified atom stereocenters. The van der Waals surface area contributed by atoms with Gasteiger partial charge in [-0.1, -0.05) is 72.8 Å². The molecule has 26 heavy (non-hydrogen) atoms. The fourth-order valence-corrected chi connectivity index (χ4v) is 4.44. The van der Waals surface area contributed by atoms with Crippen molar-refractivity contribution in [1.29, 1.82) is 0 Å². The molecule has 0 aliphatic rings. The van der Waals surface area contributed by atoms with Crippen molar-refractivity contribution in [2.45, 2.75) is 6.92 Å². The molecule has 0 amide bonds. The summed E-state index contributed by atoms with van der Waals surface area (Å²) in [7, 11) is 0. The summed E-state index contributed by atoms with van der Waals surface area (Å²) in [6.07, 6.45) is 0. The fraction of sp³-hybridized carbons (Fsp3) is 0.0400. The Morgan fingerprint density at radius 3 is 1.73 bits per heavy atom. The molecule has 0 bridgehead atoms. The molecule has 1 heteroatoms. The van der Waals surface area contributed by atoms with Crippen molar-refractivity contribution in [1.82, 2.24) is 0 Å². The van der Waals surface area contributed by atoms with Crippen molar-refractivity contribution in [3.63, 3.8) is 0 Å². The number of hydrogen-bond acceptors (Lipinski definition) is 1. The maximum Gasteiger partial charge on any atom is 0.143 e. The molecular weight excluding hydrogens is 316 g/mol. The van der Waals surface area contributed by atoms with Crippen molar-refractivity contribution < 1.29 is 4.42 Å². The van der Waals surface area contributed by atoms with Crippen molar-refractivity contribution in [3.05, 3.63) is 84.4 Å². The van der Waals surface area contributed by atoms with E-state index in [4.69, 9.17) is 4.42 Å². The lowest BCUT2D eigenvalue weighted by molar-refractivity contribution is 0.673. The lowest BCUT2D eigenvalue weighted by Gasteiger charge is -2.07. The van der Waals surface area contributed by atoms with Gasteiger partial charge in [0.1, 0.15) is 11.2 Å². The highest BCUT2D eigenvalue weighted by Crippen LogP contribution is 2.43. The highest BCUT2D eigenvalue weighted by atomic mass is 16.3. The van der Waals surface area contributed by atoms with E-state index in [1.165, 1.54) is 48.7 Å². The minimum atomic E-state index is 0.970. The van der Waals surface area contributed by atoms with Crippen LogP contribution >= 0.6 is 0 Å². The maximum atomic E-state index is 6.46. The molecule has 0 saturated carbocycles. The molecule has 122 valence electrons. The summed E-state index contributed by atoms with van der Waals surface area (Å²) in [6.45, 7) is 2.16. The summed E-state index contributed by atoms with van der Waals surface area (Å²) >= 11 is 0. The van der Waals surface area contributed by atoms with Crippen LogP contribution in [0.5, 0.6) is 0 Å². The molecule has 6 rings (SSSR count). The lowest BCUT2D eigenvalue weighted by Crippen LogP contribution is -1.82. The van der Waals surface area contributed by atoms with Gasteiger partial charge in [0.15, 0.2) is 0 Å². The summed E-state index contributed by atoms with van der Waals surface area (Å²) in [5, 5.41) is 9.97. The van der Waals surface area contributed by atoms with Crippen LogP contribution in [0.3, 0.4) is 0 Å².